The van der Waals surface area contributed by atoms with Crippen molar-refractivity contribution in [3.63, 3.8) is 0 Å². The van der Waals surface area contributed by atoms with Crippen LogP contribution in [0.4, 0.5) is 0 Å². The van der Waals surface area contributed by atoms with Gasteiger partial charge in [0.05, 0.1) is 6.61 Å². The van der Waals surface area contributed by atoms with Gasteiger partial charge in [0.25, 0.3) is 0 Å². The molecule has 0 N–H and O–H groups in total. The van der Waals surface area contributed by atoms with E-state index in [9.17, 15) is 9.59 Å². The number of carbonyl (C=O) groups excluding carboxylic acids is 2. The van der Waals surface area contributed by atoms with Crippen LogP contribution in [-0.2, 0) is 20.0 Å². The van der Waals surface area contributed by atoms with Crippen molar-refractivity contribution >= 4 is 29.1 Å². The predicted octanol–water partition coefficient (Wildman–Crippen LogP) is 2.19. The summed E-state index contributed by atoms with van der Waals surface area (Å²) in [6.07, 6.45) is 2.94. The van der Waals surface area contributed by atoms with Gasteiger partial charge in [0.2, 0.25) is 5.60 Å². The minimum absolute atomic E-state index is 0.00678. The molecule has 0 saturated heterocycles. The van der Waals surface area contributed by atoms with Gasteiger partial charge in [-0.05, 0) is 19.1 Å². The SMILES string of the molecule is CCOC(=O)C1=NO[C@]2(C=CC(=O)c3ccccc32)[C@@H]1Cl. The zero-order chi connectivity index (χ0) is 15.0. The van der Waals surface area contributed by atoms with Gasteiger partial charge in [-0.3, -0.25) is 4.79 Å². The number of halogens is 1. The number of alkyl halides is 1. The lowest BCUT2D eigenvalue weighted by Crippen LogP contribution is -2.41. The van der Waals surface area contributed by atoms with Crippen LogP contribution in [0.1, 0.15) is 22.8 Å². The van der Waals surface area contributed by atoms with E-state index in [0.29, 0.717) is 11.1 Å². The van der Waals surface area contributed by atoms with E-state index >= 15 is 0 Å². The Balaban J connectivity index is 2.03. The number of hydrogen-bond donors (Lipinski definition) is 0. The molecule has 1 heterocycles. The summed E-state index contributed by atoms with van der Waals surface area (Å²) >= 11 is 6.40. The summed E-state index contributed by atoms with van der Waals surface area (Å²) in [5.74, 6) is -0.745. The molecular weight excluding hydrogens is 294 g/mol. The molecule has 2 atom stereocenters. The van der Waals surface area contributed by atoms with E-state index in [1.807, 2.05) is 0 Å². The second kappa shape index (κ2) is 5.00. The molecular formula is C15H12ClNO4. The first kappa shape index (κ1) is 13.8. The van der Waals surface area contributed by atoms with E-state index < -0.39 is 16.9 Å². The van der Waals surface area contributed by atoms with Crippen molar-refractivity contribution < 1.29 is 19.2 Å². The highest BCUT2D eigenvalue weighted by atomic mass is 35.5. The number of ketones is 1. The van der Waals surface area contributed by atoms with Crippen LogP contribution < -0.4 is 0 Å². The van der Waals surface area contributed by atoms with E-state index in [0.717, 1.165) is 0 Å². The van der Waals surface area contributed by atoms with Crippen LogP contribution in [0.3, 0.4) is 0 Å². The van der Waals surface area contributed by atoms with Crippen molar-refractivity contribution in [2.45, 2.75) is 17.9 Å². The van der Waals surface area contributed by atoms with E-state index in [2.05, 4.69) is 5.16 Å². The molecule has 0 amide bonds. The van der Waals surface area contributed by atoms with Crippen molar-refractivity contribution in [3.8, 4) is 0 Å². The number of rotatable bonds is 2. The maximum Gasteiger partial charge on any atom is 0.357 e. The lowest BCUT2D eigenvalue weighted by Gasteiger charge is -2.30. The highest BCUT2D eigenvalue weighted by molar-refractivity contribution is 6.50. The monoisotopic (exact) mass is 305 g/mol. The third-order valence-corrected chi connectivity index (χ3v) is 4.02. The lowest BCUT2D eigenvalue weighted by atomic mass is 9.80. The molecule has 21 heavy (non-hydrogen) atoms. The van der Waals surface area contributed by atoms with E-state index in [1.165, 1.54) is 6.08 Å². The van der Waals surface area contributed by atoms with Gasteiger partial charge in [-0.2, -0.15) is 0 Å². The maximum absolute atomic E-state index is 11.9. The molecule has 1 aliphatic heterocycles. The third-order valence-electron chi connectivity index (χ3n) is 3.49. The number of ether oxygens (including phenoxy) is 1. The minimum Gasteiger partial charge on any atom is -0.461 e. The maximum atomic E-state index is 11.9. The molecule has 3 rings (SSSR count). The quantitative estimate of drug-likeness (QED) is 0.620. The van der Waals surface area contributed by atoms with Gasteiger partial charge in [-0.1, -0.05) is 29.4 Å². The van der Waals surface area contributed by atoms with Crippen LogP contribution in [0.15, 0.2) is 41.6 Å². The molecule has 5 nitrogen and oxygen atoms in total. The fourth-order valence-corrected chi connectivity index (χ4v) is 2.84. The Kier molecular flexibility index (Phi) is 3.29. The van der Waals surface area contributed by atoms with Gasteiger partial charge >= 0.3 is 5.97 Å². The minimum atomic E-state index is -1.14. The summed E-state index contributed by atoms with van der Waals surface area (Å²) in [6.45, 7) is 1.92. The highest BCUT2D eigenvalue weighted by Crippen LogP contribution is 2.43. The van der Waals surface area contributed by atoms with Crippen LogP contribution in [0.25, 0.3) is 0 Å². The summed E-state index contributed by atoms with van der Waals surface area (Å²) in [5.41, 5.74) is -0.0486. The molecule has 0 aromatic heterocycles. The zero-order valence-corrected chi connectivity index (χ0v) is 12.0. The largest absolute Gasteiger partial charge is 0.461 e. The van der Waals surface area contributed by atoms with Crippen molar-refractivity contribution in [1.29, 1.82) is 0 Å². The van der Waals surface area contributed by atoms with E-state index in [-0.39, 0.29) is 18.1 Å². The number of benzene rings is 1. The Morgan fingerprint density at radius 3 is 3.00 bits per heavy atom. The average Bonchev–Trinajstić information content (AvgIpc) is 2.82. The first-order valence-corrected chi connectivity index (χ1v) is 6.94. The van der Waals surface area contributed by atoms with Gasteiger partial charge in [0.15, 0.2) is 11.5 Å². The van der Waals surface area contributed by atoms with Gasteiger partial charge in [-0.15, -0.1) is 11.6 Å². The number of hydrogen-bond acceptors (Lipinski definition) is 5. The highest BCUT2D eigenvalue weighted by Gasteiger charge is 2.53. The molecule has 1 aliphatic carbocycles. The van der Waals surface area contributed by atoms with Crippen molar-refractivity contribution in [3.05, 3.63) is 47.5 Å². The number of carbonyl (C=O) groups is 2. The fourth-order valence-electron chi connectivity index (χ4n) is 2.48. The van der Waals surface area contributed by atoms with Gasteiger partial charge < -0.3 is 9.57 Å². The van der Waals surface area contributed by atoms with Crippen molar-refractivity contribution in [1.82, 2.24) is 0 Å². The summed E-state index contributed by atoms with van der Waals surface area (Å²) in [4.78, 5) is 29.2. The van der Waals surface area contributed by atoms with Crippen LogP contribution in [0, 0.1) is 0 Å². The number of allylic oxidation sites excluding steroid dienone is 1. The summed E-state index contributed by atoms with van der Waals surface area (Å²) < 4.78 is 4.91. The van der Waals surface area contributed by atoms with E-state index in [1.54, 1.807) is 37.3 Å². The number of oxime groups is 1. The summed E-state index contributed by atoms with van der Waals surface area (Å²) in [6, 6.07) is 6.98. The van der Waals surface area contributed by atoms with Crippen LogP contribution in [0.5, 0.6) is 0 Å². The Bertz CT molecular complexity index is 682. The van der Waals surface area contributed by atoms with Crippen LogP contribution in [-0.4, -0.2) is 29.4 Å². The molecule has 0 saturated carbocycles. The molecule has 0 unspecified atom stereocenters. The molecule has 1 spiro atoms. The van der Waals surface area contributed by atoms with Gasteiger partial charge in [0.1, 0.15) is 5.38 Å². The number of esters is 1. The summed E-state index contributed by atoms with van der Waals surface area (Å²) in [7, 11) is 0. The standard InChI is InChI=1S/C15H12ClNO4/c1-2-20-14(19)12-13(16)15(21-17-12)8-7-11(18)9-5-3-4-6-10(9)15/h3-8,13H,2H2,1H3/t13-,15+/m1/s1. The molecule has 1 aromatic carbocycles. The molecule has 0 radical (unpaired) electrons. The second-order valence-electron chi connectivity index (χ2n) is 4.69. The topological polar surface area (TPSA) is 65.0 Å². The lowest BCUT2D eigenvalue weighted by molar-refractivity contribution is -0.135. The van der Waals surface area contributed by atoms with Crippen molar-refractivity contribution in [2.24, 2.45) is 5.16 Å². The molecule has 2 aliphatic rings. The van der Waals surface area contributed by atoms with Crippen molar-refractivity contribution in [2.75, 3.05) is 6.61 Å². The first-order chi connectivity index (χ1) is 10.1. The molecule has 6 heteroatoms. The summed E-state index contributed by atoms with van der Waals surface area (Å²) in [5, 5.41) is 2.92. The Hall–Kier alpha value is -2.14. The third kappa shape index (κ3) is 1.96. The van der Waals surface area contributed by atoms with Gasteiger partial charge in [0, 0.05) is 11.1 Å². The molecule has 0 fully saturated rings. The predicted molar refractivity (Wildman–Crippen MR) is 76.4 cm³/mol. The van der Waals surface area contributed by atoms with E-state index in [4.69, 9.17) is 21.2 Å². The number of fused-ring (bicyclic) bond motifs is 2. The fraction of sp³-hybridized carbons (Fsp3) is 0.267. The molecule has 0 bridgehead atoms. The average molecular weight is 306 g/mol. The number of nitrogens with zero attached hydrogens (tertiary/aromatic N) is 1. The Morgan fingerprint density at radius 2 is 2.24 bits per heavy atom. The Labute approximate surface area is 126 Å². The van der Waals surface area contributed by atoms with Crippen LogP contribution >= 0.6 is 11.6 Å². The van der Waals surface area contributed by atoms with Crippen LogP contribution in [0.2, 0.25) is 0 Å². The first-order valence-electron chi connectivity index (χ1n) is 6.50. The zero-order valence-electron chi connectivity index (χ0n) is 11.2. The molecule has 108 valence electrons. The Morgan fingerprint density at radius 1 is 1.48 bits per heavy atom. The smallest absolute Gasteiger partial charge is 0.357 e. The normalized spacial score (nSPS) is 26.3. The molecule has 1 aromatic rings. The second-order valence-corrected chi connectivity index (χ2v) is 5.12. The van der Waals surface area contributed by atoms with Gasteiger partial charge in [-0.25, -0.2) is 4.79 Å².